The molecule has 2 aliphatic rings. The number of ether oxygens (including phenoxy) is 1. The van der Waals surface area contributed by atoms with Crippen LogP contribution in [0.2, 0.25) is 10.0 Å². The number of hydrogen-bond donors (Lipinski definition) is 1. The molecule has 2 aromatic rings. The van der Waals surface area contributed by atoms with Gasteiger partial charge in [-0.1, -0.05) is 23.2 Å². The number of nitrogens with zero attached hydrogens (tertiary/aromatic N) is 1. The summed E-state index contributed by atoms with van der Waals surface area (Å²) in [5.74, 6) is -0.629. The number of fused-ring (bicyclic) bond motifs is 1. The number of benzene rings is 2. The van der Waals surface area contributed by atoms with Crippen molar-refractivity contribution in [2.45, 2.75) is 18.4 Å². The fourth-order valence-corrected chi connectivity index (χ4v) is 3.34. The number of anilines is 1. The van der Waals surface area contributed by atoms with E-state index in [0.717, 1.165) is 12.8 Å². The molecule has 0 bridgehead atoms. The van der Waals surface area contributed by atoms with Gasteiger partial charge in [0, 0.05) is 11.6 Å². The van der Waals surface area contributed by atoms with Gasteiger partial charge in [0.1, 0.15) is 17.2 Å². The van der Waals surface area contributed by atoms with E-state index in [1.165, 1.54) is 35.2 Å². The molecular formula is C17H12Cl2FNO3. The number of aromatic hydroxyl groups is 1. The summed E-state index contributed by atoms with van der Waals surface area (Å²) in [7, 11) is 0. The average Bonchev–Trinajstić information content (AvgIpc) is 3.30. The van der Waals surface area contributed by atoms with Crippen LogP contribution in [-0.4, -0.2) is 23.2 Å². The summed E-state index contributed by atoms with van der Waals surface area (Å²) < 4.78 is 19.6. The van der Waals surface area contributed by atoms with Gasteiger partial charge in [0.25, 0.3) is 5.91 Å². The standard InChI is InChI=1S/C17H12Cl2FNO3/c18-11-5-9(6-12(19)15(11)22)16(23)21-8-17(3-4-17)24-14-2-1-10(20)7-13(14)21/h1-2,5-7,22H,3-4,8H2. The largest absolute Gasteiger partial charge is 0.505 e. The third kappa shape index (κ3) is 2.48. The van der Waals surface area contributed by atoms with Crippen LogP contribution in [-0.2, 0) is 0 Å². The van der Waals surface area contributed by atoms with Crippen molar-refractivity contribution >= 4 is 34.8 Å². The smallest absolute Gasteiger partial charge is 0.258 e. The molecule has 1 fully saturated rings. The fourth-order valence-electron chi connectivity index (χ4n) is 2.85. The summed E-state index contributed by atoms with van der Waals surface area (Å²) in [6.07, 6.45) is 1.68. The van der Waals surface area contributed by atoms with Gasteiger partial charge < -0.3 is 14.7 Å². The fraction of sp³-hybridized carbons (Fsp3) is 0.235. The van der Waals surface area contributed by atoms with Gasteiger partial charge in [-0.15, -0.1) is 0 Å². The van der Waals surface area contributed by atoms with Crippen molar-refractivity contribution in [2.75, 3.05) is 11.4 Å². The Morgan fingerprint density at radius 3 is 2.50 bits per heavy atom. The van der Waals surface area contributed by atoms with E-state index in [1.54, 1.807) is 0 Å². The molecule has 1 heterocycles. The van der Waals surface area contributed by atoms with Crippen molar-refractivity contribution in [3.05, 3.63) is 51.8 Å². The summed E-state index contributed by atoms with van der Waals surface area (Å²) in [4.78, 5) is 14.4. The van der Waals surface area contributed by atoms with Crippen LogP contribution in [0.3, 0.4) is 0 Å². The van der Waals surface area contributed by atoms with Crippen molar-refractivity contribution in [3.63, 3.8) is 0 Å². The van der Waals surface area contributed by atoms with Crippen molar-refractivity contribution in [1.82, 2.24) is 0 Å². The number of rotatable bonds is 1. The molecule has 7 heteroatoms. The van der Waals surface area contributed by atoms with Gasteiger partial charge in [-0.25, -0.2) is 4.39 Å². The molecule has 1 N–H and O–H groups in total. The first-order chi connectivity index (χ1) is 11.4. The van der Waals surface area contributed by atoms with Gasteiger partial charge in [-0.05, 0) is 37.1 Å². The first-order valence-corrected chi connectivity index (χ1v) is 8.13. The Hall–Kier alpha value is -1.98. The second-order valence-electron chi connectivity index (χ2n) is 6.08. The van der Waals surface area contributed by atoms with E-state index in [-0.39, 0.29) is 27.3 Å². The molecule has 0 saturated heterocycles. The second kappa shape index (κ2) is 5.26. The van der Waals surface area contributed by atoms with Gasteiger partial charge in [-0.2, -0.15) is 0 Å². The lowest BCUT2D eigenvalue weighted by atomic mass is 10.1. The molecule has 1 saturated carbocycles. The van der Waals surface area contributed by atoms with Crippen molar-refractivity contribution in [3.8, 4) is 11.5 Å². The van der Waals surface area contributed by atoms with Gasteiger partial charge in [0.05, 0.1) is 22.3 Å². The number of phenolic OH excluding ortho intramolecular Hbond substituents is 1. The molecule has 4 nitrogen and oxygen atoms in total. The summed E-state index contributed by atoms with van der Waals surface area (Å²) in [6, 6.07) is 6.79. The summed E-state index contributed by atoms with van der Waals surface area (Å²) in [5, 5.41) is 9.62. The van der Waals surface area contributed by atoms with Crippen LogP contribution in [0, 0.1) is 5.82 Å². The van der Waals surface area contributed by atoms with Crippen LogP contribution < -0.4 is 9.64 Å². The minimum Gasteiger partial charge on any atom is -0.505 e. The molecule has 124 valence electrons. The number of amides is 1. The third-order valence-electron chi connectivity index (χ3n) is 4.30. The Balaban J connectivity index is 1.78. The molecule has 0 aromatic heterocycles. The quantitative estimate of drug-likeness (QED) is 0.811. The van der Waals surface area contributed by atoms with Crippen molar-refractivity contribution < 1.29 is 19.0 Å². The maximum atomic E-state index is 13.7. The molecule has 0 radical (unpaired) electrons. The molecule has 0 unspecified atom stereocenters. The molecular weight excluding hydrogens is 356 g/mol. The van der Waals surface area contributed by atoms with E-state index in [1.807, 2.05) is 0 Å². The highest BCUT2D eigenvalue weighted by atomic mass is 35.5. The highest BCUT2D eigenvalue weighted by Gasteiger charge is 2.51. The minimum absolute atomic E-state index is 0.0142. The van der Waals surface area contributed by atoms with E-state index in [0.29, 0.717) is 18.0 Å². The highest BCUT2D eigenvalue weighted by molar-refractivity contribution is 6.37. The van der Waals surface area contributed by atoms with Gasteiger partial charge in [0.15, 0.2) is 5.75 Å². The number of phenols is 1. The van der Waals surface area contributed by atoms with Crippen LogP contribution in [0.15, 0.2) is 30.3 Å². The lowest BCUT2D eigenvalue weighted by molar-refractivity contribution is 0.0943. The minimum atomic E-state index is -0.455. The molecule has 24 heavy (non-hydrogen) atoms. The molecule has 2 aromatic carbocycles. The van der Waals surface area contributed by atoms with E-state index in [9.17, 15) is 14.3 Å². The number of halogens is 3. The van der Waals surface area contributed by atoms with Crippen LogP contribution >= 0.6 is 23.2 Å². The number of carbonyl (C=O) groups excluding carboxylic acids is 1. The average molecular weight is 368 g/mol. The maximum Gasteiger partial charge on any atom is 0.258 e. The van der Waals surface area contributed by atoms with E-state index in [2.05, 4.69) is 0 Å². The zero-order valence-corrected chi connectivity index (χ0v) is 13.9. The van der Waals surface area contributed by atoms with E-state index < -0.39 is 11.4 Å². The van der Waals surface area contributed by atoms with Crippen molar-refractivity contribution in [1.29, 1.82) is 0 Å². The molecule has 4 rings (SSSR count). The zero-order chi connectivity index (χ0) is 17.1. The summed E-state index contributed by atoms with van der Waals surface area (Å²) in [6.45, 7) is 0.332. The normalized spacial score (nSPS) is 17.4. The summed E-state index contributed by atoms with van der Waals surface area (Å²) in [5.41, 5.74) is 0.193. The lowest BCUT2D eigenvalue weighted by Gasteiger charge is -2.35. The molecule has 0 atom stereocenters. The Kier molecular flexibility index (Phi) is 3.41. The second-order valence-corrected chi connectivity index (χ2v) is 6.89. The van der Waals surface area contributed by atoms with Crippen LogP contribution in [0.4, 0.5) is 10.1 Å². The Labute approximate surface area is 147 Å². The monoisotopic (exact) mass is 367 g/mol. The lowest BCUT2D eigenvalue weighted by Crippen LogP contribution is -2.45. The first kappa shape index (κ1) is 15.5. The molecule has 1 aliphatic carbocycles. The number of hydrogen-bond acceptors (Lipinski definition) is 3. The molecule has 1 amide bonds. The molecule has 1 spiro atoms. The van der Waals surface area contributed by atoms with Gasteiger partial charge in [0.2, 0.25) is 0 Å². The topological polar surface area (TPSA) is 49.8 Å². The predicted molar refractivity (Wildman–Crippen MR) is 88.8 cm³/mol. The highest BCUT2D eigenvalue weighted by Crippen LogP contribution is 2.49. The SMILES string of the molecule is O=C(c1cc(Cl)c(O)c(Cl)c1)N1CC2(CC2)Oc2ccc(F)cc21. The van der Waals surface area contributed by atoms with E-state index >= 15 is 0 Å². The van der Waals surface area contributed by atoms with E-state index in [4.69, 9.17) is 27.9 Å². The Morgan fingerprint density at radius 1 is 1.21 bits per heavy atom. The van der Waals surface area contributed by atoms with Crippen molar-refractivity contribution in [2.24, 2.45) is 0 Å². The van der Waals surface area contributed by atoms with Crippen LogP contribution in [0.5, 0.6) is 11.5 Å². The Bertz CT molecular complexity index is 844. The summed E-state index contributed by atoms with van der Waals surface area (Å²) >= 11 is 11.8. The van der Waals surface area contributed by atoms with Crippen LogP contribution in [0.1, 0.15) is 23.2 Å². The third-order valence-corrected chi connectivity index (χ3v) is 4.88. The van der Waals surface area contributed by atoms with Gasteiger partial charge in [-0.3, -0.25) is 4.79 Å². The zero-order valence-electron chi connectivity index (χ0n) is 12.4. The molecule has 1 aliphatic heterocycles. The predicted octanol–water partition coefficient (Wildman–Crippen LogP) is 4.41. The number of carbonyl (C=O) groups is 1. The van der Waals surface area contributed by atoms with Crippen LogP contribution in [0.25, 0.3) is 0 Å². The van der Waals surface area contributed by atoms with Gasteiger partial charge >= 0.3 is 0 Å². The maximum absolute atomic E-state index is 13.7. The first-order valence-electron chi connectivity index (χ1n) is 7.37. The Morgan fingerprint density at radius 2 is 1.88 bits per heavy atom.